The molecule has 1 atom stereocenters. The van der Waals surface area contributed by atoms with Gasteiger partial charge >= 0.3 is 6.03 Å². The minimum absolute atomic E-state index is 0.279. The van der Waals surface area contributed by atoms with Crippen LogP contribution in [0, 0.1) is 0 Å². The van der Waals surface area contributed by atoms with Crippen LogP contribution in [0.15, 0.2) is 46.9 Å². The molecular weight excluding hydrogens is 504 g/mol. The molecule has 2 aromatic rings. The second-order valence-electron chi connectivity index (χ2n) is 8.12. The smallest absolute Gasteiger partial charge is 0.329 e. The first-order valence-electron chi connectivity index (χ1n) is 11.4. The van der Waals surface area contributed by atoms with Crippen molar-refractivity contribution in [2.24, 2.45) is 0 Å². The highest BCUT2D eigenvalue weighted by atomic mass is 79.9. The van der Waals surface area contributed by atoms with Gasteiger partial charge in [-0.05, 0) is 62.4 Å². The monoisotopic (exact) mass is 532 g/mol. The summed E-state index contributed by atoms with van der Waals surface area (Å²) in [5.74, 6) is -0.0412. The van der Waals surface area contributed by atoms with Crippen LogP contribution in [0.2, 0.25) is 0 Å². The van der Waals surface area contributed by atoms with Crippen molar-refractivity contribution in [2.75, 3.05) is 56.2 Å². The largest absolute Gasteiger partial charge is 0.494 e. The number of amides is 3. The van der Waals surface area contributed by atoms with E-state index in [4.69, 9.17) is 9.47 Å². The lowest BCUT2D eigenvalue weighted by molar-refractivity contribution is -0.140. The molecule has 2 aliphatic rings. The van der Waals surface area contributed by atoms with Crippen LogP contribution in [0.25, 0.3) is 0 Å². The summed E-state index contributed by atoms with van der Waals surface area (Å²) >= 11 is 3.41. The van der Waals surface area contributed by atoms with E-state index < -0.39 is 17.7 Å². The standard InChI is InChI=1S/C24H29BrN4O5/c1-2-34-19-7-5-18(6-8-19)29-23(31)27-21-9-4-17(25)16-20(21)24(29,32)22(30)26-10-3-11-28-12-14-33-15-13-28/h4-9,16,32H,2-3,10-15H2,1H3,(H,26,30)(H,27,31). The Morgan fingerprint density at radius 1 is 1.24 bits per heavy atom. The molecule has 0 radical (unpaired) electrons. The number of fused-ring (bicyclic) bond motifs is 1. The van der Waals surface area contributed by atoms with E-state index in [1.54, 1.807) is 42.5 Å². The maximum absolute atomic E-state index is 13.5. The molecule has 2 heterocycles. The number of rotatable bonds is 8. The molecule has 1 saturated heterocycles. The lowest BCUT2D eigenvalue weighted by Gasteiger charge is -2.42. The van der Waals surface area contributed by atoms with E-state index in [-0.39, 0.29) is 5.56 Å². The van der Waals surface area contributed by atoms with Crippen LogP contribution in [-0.4, -0.2) is 67.9 Å². The van der Waals surface area contributed by atoms with Gasteiger partial charge in [-0.2, -0.15) is 0 Å². The average Bonchev–Trinajstić information content (AvgIpc) is 2.84. The quantitative estimate of drug-likeness (QED) is 0.451. The fraction of sp³-hybridized carbons (Fsp3) is 0.417. The van der Waals surface area contributed by atoms with Gasteiger partial charge in [0, 0.05) is 35.4 Å². The van der Waals surface area contributed by atoms with E-state index in [0.29, 0.717) is 54.4 Å². The van der Waals surface area contributed by atoms with Crippen LogP contribution >= 0.6 is 15.9 Å². The fourth-order valence-electron chi connectivity index (χ4n) is 4.19. The number of morpholine rings is 1. The molecule has 10 heteroatoms. The number of nitrogens with one attached hydrogen (secondary N) is 2. The van der Waals surface area contributed by atoms with Gasteiger partial charge in [0.2, 0.25) is 0 Å². The number of hydrogen-bond donors (Lipinski definition) is 3. The molecule has 0 bridgehead atoms. The summed E-state index contributed by atoms with van der Waals surface area (Å²) in [4.78, 5) is 30.0. The Morgan fingerprint density at radius 3 is 2.68 bits per heavy atom. The van der Waals surface area contributed by atoms with Crippen LogP contribution in [0.4, 0.5) is 16.2 Å². The predicted molar refractivity (Wildman–Crippen MR) is 132 cm³/mol. The van der Waals surface area contributed by atoms with Crippen LogP contribution < -0.4 is 20.3 Å². The van der Waals surface area contributed by atoms with Crippen molar-refractivity contribution in [3.63, 3.8) is 0 Å². The molecule has 0 aliphatic carbocycles. The number of ether oxygens (including phenoxy) is 2. The summed E-state index contributed by atoms with van der Waals surface area (Å²) in [5, 5.41) is 17.5. The number of anilines is 2. The minimum atomic E-state index is -2.24. The van der Waals surface area contributed by atoms with Crippen molar-refractivity contribution in [2.45, 2.75) is 19.1 Å². The third-order valence-electron chi connectivity index (χ3n) is 5.89. The van der Waals surface area contributed by atoms with Crippen molar-refractivity contribution in [3.8, 4) is 5.75 Å². The molecule has 2 aliphatic heterocycles. The maximum Gasteiger partial charge on any atom is 0.329 e. The summed E-state index contributed by atoms with van der Waals surface area (Å²) in [6.45, 7) is 6.71. The van der Waals surface area contributed by atoms with E-state index >= 15 is 0 Å². The van der Waals surface area contributed by atoms with Crippen molar-refractivity contribution in [3.05, 3.63) is 52.5 Å². The molecule has 0 aromatic heterocycles. The molecular formula is C24H29BrN4O5. The summed E-state index contributed by atoms with van der Waals surface area (Å²) < 4.78 is 11.5. The lowest BCUT2D eigenvalue weighted by atomic mass is 9.94. The summed E-state index contributed by atoms with van der Waals surface area (Å²) in [7, 11) is 0. The second-order valence-corrected chi connectivity index (χ2v) is 9.03. The molecule has 34 heavy (non-hydrogen) atoms. The number of carbonyl (C=O) groups excluding carboxylic acids is 2. The number of aliphatic hydroxyl groups is 1. The number of carbonyl (C=O) groups is 2. The highest BCUT2D eigenvalue weighted by molar-refractivity contribution is 9.10. The summed E-state index contributed by atoms with van der Waals surface area (Å²) in [6.07, 6.45) is 0.711. The van der Waals surface area contributed by atoms with Gasteiger partial charge in [-0.25, -0.2) is 4.79 Å². The van der Waals surface area contributed by atoms with Crippen molar-refractivity contribution >= 4 is 39.2 Å². The summed E-state index contributed by atoms with van der Waals surface area (Å²) in [6, 6.07) is 11.1. The number of urea groups is 1. The van der Waals surface area contributed by atoms with Crippen LogP contribution in [-0.2, 0) is 15.3 Å². The van der Waals surface area contributed by atoms with Gasteiger partial charge < -0.3 is 25.2 Å². The zero-order valence-electron chi connectivity index (χ0n) is 19.1. The highest BCUT2D eigenvalue weighted by Crippen LogP contribution is 2.41. The SMILES string of the molecule is CCOc1ccc(N2C(=O)Nc3ccc(Br)cc3C2(O)C(=O)NCCCN2CCOCC2)cc1. The van der Waals surface area contributed by atoms with Crippen molar-refractivity contribution in [1.29, 1.82) is 0 Å². The first-order valence-corrected chi connectivity index (χ1v) is 12.2. The van der Waals surface area contributed by atoms with E-state index in [1.165, 1.54) is 0 Å². The summed E-state index contributed by atoms with van der Waals surface area (Å²) in [5.41, 5.74) is -1.23. The van der Waals surface area contributed by atoms with E-state index in [2.05, 4.69) is 31.5 Å². The van der Waals surface area contributed by atoms with Gasteiger partial charge in [0.15, 0.2) is 0 Å². The number of benzene rings is 2. The Balaban J connectivity index is 1.59. The predicted octanol–water partition coefficient (Wildman–Crippen LogP) is 2.88. The third-order valence-corrected chi connectivity index (χ3v) is 6.38. The number of nitrogens with zero attached hydrogens (tertiary/aromatic N) is 2. The maximum atomic E-state index is 13.5. The lowest BCUT2D eigenvalue weighted by Crippen LogP contribution is -2.62. The molecule has 9 nitrogen and oxygen atoms in total. The van der Waals surface area contributed by atoms with Crippen LogP contribution in [0.3, 0.4) is 0 Å². The third kappa shape index (κ3) is 5.05. The highest BCUT2D eigenvalue weighted by Gasteiger charge is 2.52. The fourth-order valence-corrected chi connectivity index (χ4v) is 4.55. The van der Waals surface area contributed by atoms with Gasteiger partial charge in [0.05, 0.1) is 25.5 Å². The van der Waals surface area contributed by atoms with Crippen molar-refractivity contribution in [1.82, 2.24) is 10.2 Å². The Hall–Kier alpha value is -2.66. The van der Waals surface area contributed by atoms with E-state index in [9.17, 15) is 14.7 Å². The molecule has 3 amide bonds. The van der Waals surface area contributed by atoms with Gasteiger partial charge in [-0.1, -0.05) is 15.9 Å². The normalized spacial score (nSPS) is 20.4. The zero-order valence-corrected chi connectivity index (χ0v) is 20.6. The van der Waals surface area contributed by atoms with E-state index in [0.717, 1.165) is 24.5 Å². The Bertz CT molecular complexity index is 1030. The molecule has 4 rings (SSSR count). The van der Waals surface area contributed by atoms with E-state index in [1.807, 2.05) is 6.92 Å². The number of hydrogen-bond acceptors (Lipinski definition) is 6. The molecule has 0 saturated carbocycles. The molecule has 3 N–H and O–H groups in total. The molecule has 1 unspecified atom stereocenters. The van der Waals surface area contributed by atoms with Gasteiger partial charge in [-0.3, -0.25) is 14.6 Å². The topological polar surface area (TPSA) is 103 Å². The van der Waals surface area contributed by atoms with Gasteiger partial charge in [0.25, 0.3) is 11.6 Å². The Kier molecular flexibility index (Phi) is 7.72. The molecule has 1 fully saturated rings. The first-order chi connectivity index (χ1) is 16.4. The zero-order chi connectivity index (χ0) is 24.1. The minimum Gasteiger partial charge on any atom is -0.494 e. The second kappa shape index (κ2) is 10.7. The molecule has 0 spiro atoms. The van der Waals surface area contributed by atoms with Gasteiger partial charge in [0.1, 0.15) is 5.75 Å². The van der Waals surface area contributed by atoms with Gasteiger partial charge in [-0.15, -0.1) is 0 Å². The van der Waals surface area contributed by atoms with Crippen LogP contribution in [0.5, 0.6) is 5.75 Å². The average molecular weight is 533 g/mol. The van der Waals surface area contributed by atoms with Crippen molar-refractivity contribution < 1.29 is 24.2 Å². The molecule has 2 aromatic carbocycles. The van der Waals surface area contributed by atoms with Crippen LogP contribution in [0.1, 0.15) is 18.9 Å². The molecule has 182 valence electrons. The number of halogens is 1. The first kappa shape index (κ1) is 24.5. The Labute approximate surface area is 207 Å². The Morgan fingerprint density at radius 2 is 1.97 bits per heavy atom.